The molecule has 0 bridgehead atoms. The fraction of sp³-hybridized carbons (Fsp3) is 0.143. The number of aliphatic hydroxyl groups excluding tert-OH is 1. The molecule has 0 aliphatic heterocycles. The van der Waals surface area contributed by atoms with E-state index in [1.807, 2.05) is 0 Å². The fourth-order valence-electron chi connectivity index (χ4n) is 1.22. The van der Waals surface area contributed by atoms with Gasteiger partial charge in [0.2, 0.25) is 0 Å². The number of hydrogen-bond donors (Lipinski definition) is 2. The highest BCUT2D eigenvalue weighted by atomic mass is 16.4. The predicted octanol–water partition coefficient (Wildman–Crippen LogP) is 1.93. The quantitative estimate of drug-likeness (QED) is 0.637. The Balaban J connectivity index is 0.000000258. The maximum Gasteiger partial charge on any atom is 0.336 e. The minimum atomic E-state index is -0.935. The summed E-state index contributed by atoms with van der Waals surface area (Å²) >= 11 is 0. The maximum atomic E-state index is 10.8. The predicted molar refractivity (Wildman–Crippen MR) is 70.9 cm³/mol. The summed E-state index contributed by atoms with van der Waals surface area (Å²) in [6.45, 7) is 4.60. The monoisotopic (exact) mass is 262 g/mol. The minimum Gasteiger partial charge on any atom is -0.478 e. The highest BCUT2D eigenvalue weighted by molar-refractivity contribution is 5.84. The van der Waals surface area contributed by atoms with Crippen molar-refractivity contribution in [2.24, 2.45) is 0 Å². The molecule has 100 valence electrons. The molecule has 1 aromatic carbocycles. The first kappa shape index (κ1) is 14.7. The zero-order valence-electron chi connectivity index (χ0n) is 10.4. The molecule has 0 saturated heterocycles. The molecule has 19 heavy (non-hydrogen) atoms. The van der Waals surface area contributed by atoms with Crippen LogP contribution in [0.25, 0.3) is 11.0 Å². The van der Waals surface area contributed by atoms with E-state index in [9.17, 15) is 9.59 Å². The van der Waals surface area contributed by atoms with Gasteiger partial charge in [-0.25, -0.2) is 9.59 Å². The summed E-state index contributed by atoms with van der Waals surface area (Å²) in [5, 5.41) is 17.6. The van der Waals surface area contributed by atoms with E-state index in [2.05, 4.69) is 6.58 Å². The summed E-state index contributed by atoms with van der Waals surface area (Å²) in [4.78, 5) is 20.4. The summed E-state index contributed by atoms with van der Waals surface area (Å²) in [6, 6.07) is 8.25. The van der Waals surface area contributed by atoms with E-state index in [0.29, 0.717) is 5.58 Å². The summed E-state index contributed by atoms with van der Waals surface area (Å²) < 4.78 is 4.92. The molecule has 2 rings (SSSR count). The van der Waals surface area contributed by atoms with Crippen molar-refractivity contribution in [2.45, 2.75) is 13.5 Å². The van der Waals surface area contributed by atoms with Crippen molar-refractivity contribution in [3.63, 3.8) is 0 Å². The van der Waals surface area contributed by atoms with Gasteiger partial charge in [-0.15, -0.1) is 0 Å². The Bertz CT molecular complexity index is 642. The molecule has 0 saturated carbocycles. The van der Waals surface area contributed by atoms with Crippen LogP contribution in [-0.2, 0) is 11.4 Å². The Kier molecular flexibility index (Phi) is 5.02. The van der Waals surface area contributed by atoms with Gasteiger partial charge in [0.15, 0.2) is 0 Å². The second kappa shape index (κ2) is 6.51. The Morgan fingerprint density at radius 3 is 2.47 bits per heavy atom. The highest BCUT2D eigenvalue weighted by Gasteiger charge is 1.97. The molecule has 0 unspecified atom stereocenters. The molecule has 0 aliphatic rings. The molecule has 0 radical (unpaired) electrons. The first-order valence-corrected chi connectivity index (χ1v) is 5.46. The van der Waals surface area contributed by atoms with Crippen LogP contribution in [0.4, 0.5) is 0 Å². The average Bonchev–Trinajstić information content (AvgIpc) is 2.38. The summed E-state index contributed by atoms with van der Waals surface area (Å²) in [5.41, 5.74) is 1.17. The third-order valence-corrected chi connectivity index (χ3v) is 2.23. The number of aliphatic hydroxyl groups is 1. The van der Waals surface area contributed by atoms with Crippen LogP contribution < -0.4 is 5.63 Å². The van der Waals surface area contributed by atoms with E-state index in [4.69, 9.17) is 14.6 Å². The van der Waals surface area contributed by atoms with Crippen molar-refractivity contribution in [3.8, 4) is 0 Å². The molecule has 0 amide bonds. The van der Waals surface area contributed by atoms with Crippen LogP contribution in [0, 0.1) is 0 Å². The molecule has 0 spiro atoms. The topological polar surface area (TPSA) is 87.7 Å². The SMILES string of the molecule is C=C(C)C(=O)O.O=c1ccc2cc(CO)ccc2o1. The number of carboxylic acid groups (broad SMARTS) is 1. The van der Waals surface area contributed by atoms with Crippen molar-refractivity contribution in [3.05, 3.63) is 58.5 Å². The third kappa shape index (κ3) is 4.40. The number of benzene rings is 1. The van der Waals surface area contributed by atoms with Gasteiger partial charge in [0, 0.05) is 17.0 Å². The zero-order chi connectivity index (χ0) is 14.4. The minimum absolute atomic E-state index is 0.00489. The van der Waals surface area contributed by atoms with E-state index >= 15 is 0 Å². The van der Waals surface area contributed by atoms with Crippen LogP contribution in [0.2, 0.25) is 0 Å². The van der Waals surface area contributed by atoms with Crippen molar-refractivity contribution in [1.29, 1.82) is 0 Å². The lowest BCUT2D eigenvalue weighted by Gasteiger charge is -1.97. The average molecular weight is 262 g/mol. The smallest absolute Gasteiger partial charge is 0.336 e. The number of carboxylic acids is 1. The molecule has 0 atom stereocenters. The number of hydrogen-bond acceptors (Lipinski definition) is 4. The van der Waals surface area contributed by atoms with Gasteiger partial charge in [-0.05, 0) is 30.7 Å². The molecule has 2 N–H and O–H groups in total. The van der Waals surface area contributed by atoms with Crippen LogP contribution in [0.3, 0.4) is 0 Å². The van der Waals surface area contributed by atoms with Crippen molar-refractivity contribution >= 4 is 16.9 Å². The summed E-state index contributed by atoms with van der Waals surface area (Å²) in [6.07, 6.45) is 0. The van der Waals surface area contributed by atoms with Crippen LogP contribution in [0.15, 0.2) is 51.7 Å². The van der Waals surface area contributed by atoms with E-state index in [0.717, 1.165) is 10.9 Å². The Labute approximate surface area is 109 Å². The molecule has 5 heteroatoms. The lowest BCUT2D eigenvalue weighted by atomic mass is 10.1. The van der Waals surface area contributed by atoms with Gasteiger partial charge < -0.3 is 14.6 Å². The van der Waals surface area contributed by atoms with E-state index < -0.39 is 5.97 Å². The van der Waals surface area contributed by atoms with Crippen LogP contribution in [-0.4, -0.2) is 16.2 Å². The summed E-state index contributed by atoms with van der Waals surface area (Å²) in [7, 11) is 0. The summed E-state index contributed by atoms with van der Waals surface area (Å²) in [5.74, 6) is -0.935. The normalized spacial score (nSPS) is 9.58. The fourth-order valence-corrected chi connectivity index (χ4v) is 1.22. The number of rotatable bonds is 2. The van der Waals surface area contributed by atoms with E-state index in [-0.39, 0.29) is 17.8 Å². The molecule has 5 nitrogen and oxygen atoms in total. The van der Waals surface area contributed by atoms with Gasteiger partial charge in [-0.2, -0.15) is 0 Å². The first-order chi connectivity index (χ1) is 8.93. The Hall–Kier alpha value is -2.40. The van der Waals surface area contributed by atoms with Gasteiger partial charge in [-0.3, -0.25) is 0 Å². The first-order valence-electron chi connectivity index (χ1n) is 5.46. The van der Waals surface area contributed by atoms with Crippen molar-refractivity contribution in [2.75, 3.05) is 0 Å². The van der Waals surface area contributed by atoms with E-state index in [1.165, 1.54) is 13.0 Å². The molecular formula is C14H14O5. The molecule has 1 heterocycles. The largest absolute Gasteiger partial charge is 0.478 e. The van der Waals surface area contributed by atoms with Crippen LogP contribution in [0.1, 0.15) is 12.5 Å². The standard InChI is InChI=1S/C10H8O3.C4H6O2/c11-6-7-1-3-9-8(5-7)2-4-10(12)13-9;1-3(2)4(5)6/h1-5,11H,6H2;1H2,2H3,(H,5,6). The van der Waals surface area contributed by atoms with Gasteiger partial charge >= 0.3 is 11.6 Å². The van der Waals surface area contributed by atoms with Gasteiger partial charge in [0.25, 0.3) is 0 Å². The number of carbonyl (C=O) groups is 1. The lowest BCUT2D eigenvalue weighted by Crippen LogP contribution is -1.94. The zero-order valence-corrected chi connectivity index (χ0v) is 10.4. The molecule has 0 fully saturated rings. The van der Waals surface area contributed by atoms with Crippen LogP contribution >= 0.6 is 0 Å². The van der Waals surface area contributed by atoms with Gasteiger partial charge in [0.1, 0.15) is 5.58 Å². The molecule has 0 aliphatic carbocycles. The Morgan fingerprint density at radius 2 is 1.95 bits per heavy atom. The molecule has 1 aromatic heterocycles. The number of fused-ring (bicyclic) bond motifs is 1. The lowest BCUT2D eigenvalue weighted by molar-refractivity contribution is -0.132. The van der Waals surface area contributed by atoms with Gasteiger partial charge in [0.05, 0.1) is 6.61 Å². The highest BCUT2D eigenvalue weighted by Crippen LogP contribution is 2.13. The van der Waals surface area contributed by atoms with Gasteiger partial charge in [-0.1, -0.05) is 12.6 Å². The second-order valence-corrected chi connectivity index (χ2v) is 3.87. The van der Waals surface area contributed by atoms with Crippen molar-refractivity contribution < 1.29 is 19.4 Å². The molecular weight excluding hydrogens is 248 g/mol. The van der Waals surface area contributed by atoms with E-state index in [1.54, 1.807) is 24.3 Å². The third-order valence-electron chi connectivity index (χ3n) is 2.23. The molecule has 2 aromatic rings. The van der Waals surface area contributed by atoms with Crippen molar-refractivity contribution in [1.82, 2.24) is 0 Å². The Morgan fingerprint density at radius 1 is 1.32 bits per heavy atom. The second-order valence-electron chi connectivity index (χ2n) is 3.87. The number of aliphatic carboxylic acids is 1. The van der Waals surface area contributed by atoms with Crippen LogP contribution in [0.5, 0.6) is 0 Å². The maximum absolute atomic E-state index is 10.8.